The van der Waals surface area contributed by atoms with Crippen molar-refractivity contribution in [2.75, 3.05) is 31.6 Å². The number of ether oxygens (including phenoxy) is 1. The van der Waals surface area contributed by atoms with Crippen molar-refractivity contribution in [1.82, 2.24) is 9.62 Å². The summed E-state index contributed by atoms with van der Waals surface area (Å²) in [6.45, 7) is 1.44. The van der Waals surface area contributed by atoms with Crippen molar-refractivity contribution in [1.29, 1.82) is 0 Å². The van der Waals surface area contributed by atoms with Crippen LogP contribution < -0.4 is 10.6 Å². The third-order valence-corrected chi connectivity index (χ3v) is 7.00. The molecule has 0 aromatic heterocycles. The highest BCUT2D eigenvalue weighted by Gasteiger charge is 2.25. The maximum atomic E-state index is 12.6. The predicted molar refractivity (Wildman–Crippen MR) is 126 cm³/mol. The molecule has 1 aliphatic heterocycles. The van der Waals surface area contributed by atoms with Crippen molar-refractivity contribution in [3.8, 4) is 0 Å². The lowest BCUT2D eigenvalue weighted by Crippen LogP contribution is -2.40. The number of hydrogen-bond acceptors (Lipinski definition) is 5. The Hall–Kier alpha value is -2.01. The second-order valence-corrected chi connectivity index (χ2v) is 9.68. The van der Waals surface area contributed by atoms with Crippen LogP contribution >= 0.6 is 35.4 Å². The quantitative estimate of drug-likeness (QED) is 0.483. The monoisotopic (exact) mass is 499 g/mol. The van der Waals surface area contributed by atoms with Gasteiger partial charge in [0, 0.05) is 24.2 Å². The average molecular weight is 500 g/mol. The zero-order valence-electron chi connectivity index (χ0n) is 16.2. The van der Waals surface area contributed by atoms with Crippen molar-refractivity contribution >= 4 is 68.2 Å². The van der Waals surface area contributed by atoms with Gasteiger partial charge in [-0.3, -0.25) is 10.1 Å². The fraction of sp³-hybridized carbons (Fsp3) is 0.200. The highest BCUT2D eigenvalue weighted by molar-refractivity contribution is 7.89. The number of thiocarbonyl (C=S) groups is 1. The van der Waals surface area contributed by atoms with Gasteiger partial charge in [0.1, 0.15) is 0 Å². The second-order valence-electron chi connectivity index (χ2n) is 6.49. The number of halogens is 2. The topological polar surface area (TPSA) is 87.7 Å². The van der Waals surface area contributed by atoms with Crippen LogP contribution in [0.4, 0.5) is 5.69 Å². The smallest absolute Gasteiger partial charge is 0.250 e. The molecule has 7 nitrogen and oxygen atoms in total. The van der Waals surface area contributed by atoms with Gasteiger partial charge in [-0.2, -0.15) is 4.31 Å². The largest absolute Gasteiger partial charge is 0.379 e. The summed E-state index contributed by atoms with van der Waals surface area (Å²) in [5, 5.41) is 6.25. The Balaban J connectivity index is 1.57. The van der Waals surface area contributed by atoms with Crippen LogP contribution in [0.2, 0.25) is 10.0 Å². The van der Waals surface area contributed by atoms with Gasteiger partial charge in [0.05, 0.1) is 28.8 Å². The molecule has 1 heterocycles. The van der Waals surface area contributed by atoms with E-state index in [-0.39, 0.29) is 10.0 Å². The van der Waals surface area contributed by atoms with E-state index in [0.29, 0.717) is 47.6 Å². The first-order valence-corrected chi connectivity index (χ1v) is 11.8. The van der Waals surface area contributed by atoms with Crippen LogP contribution in [-0.4, -0.2) is 50.0 Å². The fourth-order valence-corrected chi connectivity index (χ4v) is 4.83. The van der Waals surface area contributed by atoms with Crippen LogP contribution in [0, 0.1) is 0 Å². The van der Waals surface area contributed by atoms with Gasteiger partial charge >= 0.3 is 0 Å². The number of sulfonamides is 1. The molecule has 1 saturated heterocycles. The van der Waals surface area contributed by atoms with Crippen molar-refractivity contribution in [2.45, 2.75) is 4.90 Å². The summed E-state index contributed by atoms with van der Waals surface area (Å²) in [5.74, 6) is -0.451. The number of amides is 1. The van der Waals surface area contributed by atoms with Crippen LogP contribution in [-0.2, 0) is 19.6 Å². The molecule has 2 aromatic carbocycles. The summed E-state index contributed by atoms with van der Waals surface area (Å²) in [7, 11) is -3.56. The Kier molecular flexibility index (Phi) is 8.04. The molecule has 0 bridgehead atoms. The molecule has 31 heavy (non-hydrogen) atoms. The van der Waals surface area contributed by atoms with Crippen molar-refractivity contribution in [2.24, 2.45) is 0 Å². The molecule has 0 saturated carbocycles. The summed E-state index contributed by atoms with van der Waals surface area (Å²) in [6.07, 6.45) is 2.85. The molecule has 0 unspecified atom stereocenters. The Morgan fingerprint density at radius 1 is 1.10 bits per heavy atom. The van der Waals surface area contributed by atoms with Gasteiger partial charge in [-0.25, -0.2) is 8.42 Å². The summed E-state index contributed by atoms with van der Waals surface area (Å²) in [4.78, 5) is 12.3. The maximum Gasteiger partial charge on any atom is 0.250 e. The molecule has 1 amide bonds. The van der Waals surface area contributed by atoms with Gasteiger partial charge in [0.2, 0.25) is 15.9 Å². The molecule has 3 rings (SSSR count). The van der Waals surface area contributed by atoms with Crippen LogP contribution in [0.15, 0.2) is 53.4 Å². The van der Waals surface area contributed by atoms with Gasteiger partial charge in [-0.05, 0) is 54.2 Å². The van der Waals surface area contributed by atoms with Crippen LogP contribution in [0.5, 0.6) is 0 Å². The first-order chi connectivity index (χ1) is 14.8. The zero-order valence-corrected chi connectivity index (χ0v) is 19.3. The van der Waals surface area contributed by atoms with Crippen molar-refractivity contribution < 1.29 is 17.9 Å². The van der Waals surface area contributed by atoms with E-state index in [4.69, 9.17) is 40.2 Å². The SMILES string of the molecule is O=C(C=Cc1ccc(S(=O)(=O)N2CCOCC2)cc1)NC(=S)Nc1ccc(Cl)cc1Cl. The fourth-order valence-electron chi connectivity index (χ4n) is 2.76. The Labute approximate surface area is 196 Å². The highest BCUT2D eigenvalue weighted by atomic mass is 35.5. The number of nitrogens with one attached hydrogen (secondary N) is 2. The lowest BCUT2D eigenvalue weighted by molar-refractivity contribution is -0.115. The van der Waals surface area contributed by atoms with Gasteiger partial charge in [-0.15, -0.1) is 0 Å². The van der Waals surface area contributed by atoms with E-state index < -0.39 is 15.9 Å². The molecule has 0 radical (unpaired) electrons. The Morgan fingerprint density at radius 3 is 2.42 bits per heavy atom. The molecule has 164 valence electrons. The number of nitrogens with zero attached hydrogens (tertiary/aromatic N) is 1. The van der Waals surface area contributed by atoms with Gasteiger partial charge in [0.25, 0.3) is 0 Å². The molecular formula is C20H19Cl2N3O4S2. The highest BCUT2D eigenvalue weighted by Crippen LogP contribution is 2.25. The van der Waals surface area contributed by atoms with Crippen LogP contribution in [0.25, 0.3) is 6.08 Å². The molecule has 1 aliphatic rings. The standard InChI is InChI=1S/C20H19Cl2N3O4S2/c21-15-4-7-18(17(22)13-15)23-20(30)24-19(26)8-3-14-1-5-16(6-2-14)31(27,28)25-9-11-29-12-10-25/h1-8,13H,9-12H2,(H2,23,24,26,30). The molecular weight excluding hydrogens is 481 g/mol. The number of rotatable bonds is 5. The predicted octanol–water partition coefficient (Wildman–Crippen LogP) is 3.54. The van der Waals surface area contributed by atoms with Crippen molar-refractivity contribution in [3.63, 3.8) is 0 Å². The van der Waals surface area contributed by atoms with Crippen molar-refractivity contribution in [3.05, 3.63) is 64.1 Å². The first kappa shape index (κ1) is 23.6. The van der Waals surface area contributed by atoms with E-state index in [9.17, 15) is 13.2 Å². The minimum absolute atomic E-state index is 0.0748. The van der Waals surface area contributed by atoms with E-state index in [2.05, 4.69) is 10.6 Å². The summed E-state index contributed by atoms with van der Waals surface area (Å²) < 4.78 is 31.9. The molecule has 0 aliphatic carbocycles. The lowest BCUT2D eigenvalue weighted by Gasteiger charge is -2.26. The van der Waals surface area contributed by atoms with Gasteiger partial charge in [-0.1, -0.05) is 35.3 Å². The summed E-state index contributed by atoms with van der Waals surface area (Å²) >= 11 is 17.0. The van der Waals surface area contributed by atoms with E-state index in [1.807, 2.05) is 0 Å². The summed E-state index contributed by atoms with van der Waals surface area (Å²) in [6, 6.07) is 11.1. The lowest BCUT2D eigenvalue weighted by atomic mass is 10.2. The number of morpholine rings is 1. The average Bonchev–Trinajstić information content (AvgIpc) is 2.75. The van der Waals surface area contributed by atoms with E-state index in [1.54, 1.807) is 36.4 Å². The minimum atomic E-state index is -3.56. The van der Waals surface area contributed by atoms with Gasteiger partial charge < -0.3 is 10.1 Å². The van der Waals surface area contributed by atoms with Gasteiger partial charge in [0.15, 0.2) is 5.11 Å². The molecule has 2 N–H and O–H groups in total. The molecule has 11 heteroatoms. The maximum absolute atomic E-state index is 12.6. The van der Waals surface area contributed by atoms with E-state index in [1.165, 1.54) is 22.5 Å². The van der Waals surface area contributed by atoms with Crippen LogP contribution in [0.3, 0.4) is 0 Å². The number of hydrogen-bond donors (Lipinski definition) is 2. The summed E-state index contributed by atoms with van der Waals surface area (Å²) in [5.41, 5.74) is 1.17. The molecule has 1 fully saturated rings. The number of anilines is 1. The zero-order chi connectivity index (χ0) is 22.4. The van der Waals surface area contributed by atoms with E-state index in [0.717, 1.165) is 0 Å². The second kappa shape index (κ2) is 10.5. The third-order valence-electron chi connectivity index (χ3n) is 4.33. The minimum Gasteiger partial charge on any atom is -0.379 e. The molecule has 2 aromatic rings. The number of benzene rings is 2. The molecule has 0 spiro atoms. The normalized spacial score (nSPS) is 15.0. The van der Waals surface area contributed by atoms with Crippen LogP contribution in [0.1, 0.15) is 5.56 Å². The Morgan fingerprint density at radius 2 is 1.77 bits per heavy atom. The van der Waals surface area contributed by atoms with E-state index >= 15 is 0 Å². The Bertz CT molecular complexity index is 1100. The third kappa shape index (κ3) is 6.49. The molecule has 0 atom stereocenters. The number of carbonyl (C=O) groups is 1. The first-order valence-electron chi connectivity index (χ1n) is 9.19. The number of carbonyl (C=O) groups excluding carboxylic acids is 1.